The SMILES string of the molecule is CN(C)c1ccc(NC(=O)c2c(-c3ccccc3)cc[nH]c2=O)cc1. The Morgan fingerprint density at radius 1 is 0.960 bits per heavy atom. The zero-order chi connectivity index (χ0) is 17.8. The molecule has 0 aliphatic heterocycles. The average molecular weight is 333 g/mol. The summed E-state index contributed by atoms with van der Waals surface area (Å²) in [6.07, 6.45) is 1.55. The van der Waals surface area contributed by atoms with Gasteiger partial charge in [-0.2, -0.15) is 0 Å². The number of H-pyrrole nitrogens is 1. The number of nitrogens with one attached hydrogen (secondary N) is 2. The van der Waals surface area contributed by atoms with Crippen molar-refractivity contribution in [3.63, 3.8) is 0 Å². The zero-order valence-corrected chi connectivity index (χ0v) is 14.1. The molecule has 3 aromatic rings. The van der Waals surface area contributed by atoms with E-state index in [4.69, 9.17) is 0 Å². The van der Waals surface area contributed by atoms with Gasteiger partial charge in [0, 0.05) is 37.2 Å². The van der Waals surface area contributed by atoms with Crippen molar-refractivity contribution in [1.82, 2.24) is 4.98 Å². The van der Waals surface area contributed by atoms with E-state index in [0.717, 1.165) is 11.3 Å². The van der Waals surface area contributed by atoms with Crippen LogP contribution in [0.15, 0.2) is 71.7 Å². The normalized spacial score (nSPS) is 10.3. The highest BCUT2D eigenvalue weighted by Crippen LogP contribution is 2.22. The Balaban J connectivity index is 1.94. The molecule has 0 radical (unpaired) electrons. The number of carbonyl (C=O) groups excluding carboxylic acids is 1. The predicted octanol–water partition coefficient (Wildman–Crippen LogP) is 3.36. The summed E-state index contributed by atoms with van der Waals surface area (Å²) in [6, 6.07) is 18.6. The number of aromatic nitrogens is 1. The molecule has 0 saturated heterocycles. The van der Waals surface area contributed by atoms with Crippen LogP contribution >= 0.6 is 0 Å². The van der Waals surface area contributed by atoms with Crippen LogP contribution in [0.4, 0.5) is 11.4 Å². The first-order valence-corrected chi connectivity index (χ1v) is 7.92. The molecule has 0 atom stereocenters. The highest BCUT2D eigenvalue weighted by atomic mass is 16.2. The lowest BCUT2D eigenvalue weighted by molar-refractivity contribution is 0.102. The van der Waals surface area contributed by atoms with Gasteiger partial charge in [0.2, 0.25) is 0 Å². The standard InChI is InChI=1S/C20H19N3O2/c1-23(2)16-10-8-15(9-11-16)22-20(25)18-17(12-13-21-19(18)24)14-6-4-3-5-7-14/h3-13H,1-2H3,(H,21,24)(H,22,25). The smallest absolute Gasteiger partial charge is 0.261 e. The topological polar surface area (TPSA) is 65.2 Å². The van der Waals surface area contributed by atoms with E-state index in [1.165, 1.54) is 0 Å². The molecule has 0 aliphatic carbocycles. The third kappa shape index (κ3) is 3.61. The minimum Gasteiger partial charge on any atom is -0.378 e. The van der Waals surface area contributed by atoms with Crippen molar-refractivity contribution < 1.29 is 4.79 Å². The molecule has 25 heavy (non-hydrogen) atoms. The van der Waals surface area contributed by atoms with Crippen LogP contribution in [0.25, 0.3) is 11.1 Å². The van der Waals surface area contributed by atoms with Gasteiger partial charge in [-0.3, -0.25) is 9.59 Å². The molecule has 1 aromatic heterocycles. The van der Waals surface area contributed by atoms with E-state index < -0.39 is 11.5 Å². The van der Waals surface area contributed by atoms with E-state index in [1.54, 1.807) is 12.3 Å². The summed E-state index contributed by atoms with van der Waals surface area (Å²) < 4.78 is 0. The van der Waals surface area contributed by atoms with E-state index in [-0.39, 0.29) is 5.56 Å². The average Bonchev–Trinajstić information content (AvgIpc) is 2.62. The van der Waals surface area contributed by atoms with E-state index >= 15 is 0 Å². The third-order valence-corrected chi connectivity index (χ3v) is 3.91. The quantitative estimate of drug-likeness (QED) is 0.769. The number of carbonyl (C=O) groups is 1. The van der Waals surface area contributed by atoms with Crippen molar-refractivity contribution in [3.05, 3.63) is 82.8 Å². The van der Waals surface area contributed by atoms with Gasteiger partial charge < -0.3 is 15.2 Å². The minimum absolute atomic E-state index is 0.102. The van der Waals surface area contributed by atoms with Crippen LogP contribution in [0.2, 0.25) is 0 Å². The Kier molecular flexibility index (Phi) is 4.66. The molecular weight excluding hydrogens is 314 g/mol. The second-order valence-corrected chi connectivity index (χ2v) is 5.86. The Labute approximate surface area is 145 Å². The first kappa shape index (κ1) is 16.5. The summed E-state index contributed by atoms with van der Waals surface area (Å²) in [5.74, 6) is -0.432. The fourth-order valence-corrected chi connectivity index (χ4v) is 2.60. The summed E-state index contributed by atoms with van der Waals surface area (Å²) in [7, 11) is 3.90. The van der Waals surface area contributed by atoms with Gasteiger partial charge in [0.25, 0.3) is 11.5 Å². The fourth-order valence-electron chi connectivity index (χ4n) is 2.60. The first-order chi connectivity index (χ1) is 12.1. The molecule has 126 valence electrons. The number of hydrogen-bond donors (Lipinski definition) is 2. The highest BCUT2D eigenvalue weighted by Gasteiger charge is 2.17. The molecule has 0 bridgehead atoms. The molecule has 0 unspecified atom stereocenters. The predicted molar refractivity (Wildman–Crippen MR) is 101 cm³/mol. The molecule has 1 amide bonds. The highest BCUT2D eigenvalue weighted by molar-refractivity contribution is 6.08. The Bertz CT molecular complexity index is 929. The van der Waals surface area contributed by atoms with Crippen molar-refractivity contribution >= 4 is 17.3 Å². The van der Waals surface area contributed by atoms with Crippen molar-refractivity contribution in [3.8, 4) is 11.1 Å². The van der Waals surface area contributed by atoms with E-state index in [9.17, 15) is 9.59 Å². The van der Waals surface area contributed by atoms with Crippen molar-refractivity contribution in [2.45, 2.75) is 0 Å². The lowest BCUT2D eigenvalue weighted by Crippen LogP contribution is -2.24. The van der Waals surface area contributed by atoms with Crippen LogP contribution < -0.4 is 15.8 Å². The lowest BCUT2D eigenvalue weighted by Gasteiger charge is -2.13. The molecule has 0 aliphatic rings. The minimum atomic E-state index is -0.432. The summed E-state index contributed by atoms with van der Waals surface area (Å²) >= 11 is 0. The van der Waals surface area contributed by atoms with Gasteiger partial charge in [0.05, 0.1) is 0 Å². The summed E-state index contributed by atoms with van der Waals surface area (Å²) in [6.45, 7) is 0. The second kappa shape index (κ2) is 7.05. The number of rotatable bonds is 4. The number of anilines is 2. The molecule has 0 spiro atoms. The molecule has 5 heteroatoms. The fraction of sp³-hybridized carbons (Fsp3) is 0.100. The van der Waals surface area contributed by atoms with Crippen LogP contribution in [0.1, 0.15) is 10.4 Å². The summed E-state index contributed by atoms with van der Waals surface area (Å²) in [5.41, 5.74) is 2.78. The first-order valence-electron chi connectivity index (χ1n) is 7.92. The summed E-state index contributed by atoms with van der Waals surface area (Å²) in [4.78, 5) is 29.5. The van der Waals surface area contributed by atoms with Crippen LogP contribution in [0.5, 0.6) is 0 Å². The van der Waals surface area contributed by atoms with Crippen LogP contribution in [0, 0.1) is 0 Å². The Hall–Kier alpha value is -3.34. The monoisotopic (exact) mass is 333 g/mol. The summed E-state index contributed by atoms with van der Waals surface area (Å²) in [5, 5.41) is 2.80. The molecule has 2 aromatic carbocycles. The number of pyridine rings is 1. The number of nitrogens with zero attached hydrogens (tertiary/aromatic N) is 1. The van der Waals surface area contributed by atoms with Gasteiger partial charge in [-0.25, -0.2) is 0 Å². The molecule has 1 heterocycles. The maximum absolute atomic E-state index is 12.7. The van der Waals surface area contributed by atoms with Crippen LogP contribution in [0.3, 0.4) is 0 Å². The van der Waals surface area contributed by atoms with Crippen molar-refractivity contribution in [2.75, 3.05) is 24.3 Å². The van der Waals surface area contributed by atoms with Crippen molar-refractivity contribution in [2.24, 2.45) is 0 Å². The maximum Gasteiger partial charge on any atom is 0.261 e. The van der Waals surface area contributed by atoms with E-state index in [2.05, 4.69) is 10.3 Å². The lowest BCUT2D eigenvalue weighted by atomic mass is 10.0. The zero-order valence-electron chi connectivity index (χ0n) is 14.1. The molecule has 5 nitrogen and oxygen atoms in total. The molecule has 0 saturated carbocycles. The van der Waals surface area contributed by atoms with Gasteiger partial charge in [-0.15, -0.1) is 0 Å². The van der Waals surface area contributed by atoms with Crippen LogP contribution in [-0.2, 0) is 0 Å². The van der Waals surface area contributed by atoms with E-state index in [0.29, 0.717) is 11.3 Å². The van der Waals surface area contributed by atoms with Gasteiger partial charge in [0.1, 0.15) is 5.56 Å². The third-order valence-electron chi connectivity index (χ3n) is 3.91. The Morgan fingerprint density at radius 3 is 2.28 bits per heavy atom. The van der Waals surface area contributed by atoms with E-state index in [1.807, 2.05) is 73.6 Å². The Morgan fingerprint density at radius 2 is 1.64 bits per heavy atom. The molecular formula is C20H19N3O2. The number of benzene rings is 2. The van der Waals surface area contributed by atoms with Crippen molar-refractivity contribution in [1.29, 1.82) is 0 Å². The number of amides is 1. The number of aromatic amines is 1. The largest absolute Gasteiger partial charge is 0.378 e. The molecule has 0 fully saturated rings. The maximum atomic E-state index is 12.7. The van der Waals surface area contributed by atoms with Crippen LogP contribution in [-0.4, -0.2) is 25.0 Å². The van der Waals surface area contributed by atoms with Gasteiger partial charge in [0.15, 0.2) is 0 Å². The van der Waals surface area contributed by atoms with Gasteiger partial charge in [-0.05, 0) is 35.9 Å². The number of hydrogen-bond acceptors (Lipinski definition) is 3. The molecule has 3 rings (SSSR count). The second-order valence-electron chi connectivity index (χ2n) is 5.86. The van der Waals surface area contributed by atoms with Gasteiger partial charge >= 0.3 is 0 Å². The van der Waals surface area contributed by atoms with Gasteiger partial charge in [-0.1, -0.05) is 30.3 Å². The molecule has 2 N–H and O–H groups in total.